The van der Waals surface area contributed by atoms with Crippen molar-refractivity contribution in [2.24, 2.45) is 0 Å². The number of nitrogens with zero attached hydrogens (tertiary/aromatic N) is 2. The highest BCUT2D eigenvalue weighted by molar-refractivity contribution is 5.88. The number of benzene rings is 1. The number of pyridine rings is 1. The van der Waals surface area contributed by atoms with Crippen molar-refractivity contribution in [3.63, 3.8) is 0 Å². The van der Waals surface area contributed by atoms with Gasteiger partial charge in [0.15, 0.2) is 0 Å². The van der Waals surface area contributed by atoms with Gasteiger partial charge in [0.1, 0.15) is 17.7 Å². The molecule has 3 rings (SSSR count). The van der Waals surface area contributed by atoms with Gasteiger partial charge in [0, 0.05) is 25.8 Å². The first-order chi connectivity index (χ1) is 11.6. The summed E-state index contributed by atoms with van der Waals surface area (Å²) in [4.78, 5) is 17.6. The number of aromatic nitrogens is 1. The summed E-state index contributed by atoms with van der Waals surface area (Å²) in [7, 11) is 0. The lowest BCUT2D eigenvalue weighted by molar-refractivity contribution is 0.0689. The Labute approximate surface area is 139 Å². The van der Waals surface area contributed by atoms with Gasteiger partial charge in [-0.2, -0.15) is 0 Å². The zero-order valence-corrected chi connectivity index (χ0v) is 13.2. The van der Waals surface area contributed by atoms with Crippen LogP contribution in [-0.2, 0) is 6.54 Å². The molecule has 0 saturated carbocycles. The Hall–Kier alpha value is -2.47. The zero-order valence-electron chi connectivity index (χ0n) is 13.2. The SMILES string of the molecule is O=C(O)c1cccnc1CN1CCC(Oc2ccc(F)cc2)CC1. The molecule has 1 saturated heterocycles. The predicted octanol–water partition coefficient (Wildman–Crippen LogP) is 2.96. The molecule has 2 heterocycles. The number of piperidine rings is 1. The van der Waals surface area contributed by atoms with Gasteiger partial charge >= 0.3 is 5.97 Å². The number of ether oxygens (including phenoxy) is 1. The molecule has 1 fully saturated rings. The predicted molar refractivity (Wildman–Crippen MR) is 86.5 cm³/mol. The van der Waals surface area contributed by atoms with Crippen LogP contribution in [0.2, 0.25) is 0 Å². The number of hydrogen-bond donors (Lipinski definition) is 1. The van der Waals surface area contributed by atoms with Crippen molar-refractivity contribution in [3.8, 4) is 5.75 Å². The Morgan fingerprint density at radius 1 is 1.25 bits per heavy atom. The lowest BCUT2D eigenvalue weighted by atomic mass is 10.1. The lowest BCUT2D eigenvalue weighted by Crippen LogP contribution is -2.38. The van der Waals surface area contributed by atoms with Gasteiger partial charge in [-0.15, -0.1) is 0 Å². The van der Waals surface area contributed by atoms with E-state index in [4.69, 9.17) is 4.74 Å². The van der Waals surface area contributed by atoms with Crippen LogP contribution in [0.15, 0.2) is 42.6 Å². The molecule has 5 nitrogen and oxygen atoms in total. The highest BCUT2D eigenvalue weighted by Crippen LogP contribution is 2.20. The highest BCUT2D eigenvalue weighted by atomic mass is 19.1. The molecule has 24 heavy (non-hydrogen) atoms. The molecule has 0 aliphatic carbocycles. The first-order valence-corrected chi connectivity index (χ1v) is 7.93. The second-order valence-corrected chi connectivity index (χ2v) is 5.85. The van der Waals surface area contributed by atoms with Crippen molar-refractivity contribution in [3.05, 3.63) is 59.7 Å². The van der Waals surface area contributed by atoms with Gasteiger partial charge in [-0.3, -0.25) is 9.88 Å². The molecular formula is C18H19FN2O3. The van der Waals surface area contributed by atoms with Crippen molar-refractivity contribution in [1.82, 2.24) is 9.88 Å². The van der Waals surface area contributed by atoms with Crippen LogP contribution in [0.3, 0.4) is 0 Å². The summed E-state index contributed by atoms with van der Waals surface area (Å²) in [6.45, 7) is 2.13. The number of carboxylic acid groups (broad SMARTS) is 1. The number of carboxylic acids is 1. The summed E-state index contributed by atoms with van der Waals surface area (Å²) >= 11 is 0. The lowest BCUT2D eigenvalue weighted by Gasteiger charge is -2.32. The second kappa shape index (κ2) is 7.40. The maximum atomic E-state index is 12.9. The maximum Gasteiger partial charge on any atom is 0.337 e. The molecule has 6 heteroatoms. The van der Waals surface area contributed by atoms with Crippen LogP contribution in [-0.4, -0.2) is 40.2 Å². The van der Waals surface area contributed by atoms with E-state index in [1.165, 1.54) is 12.1 Å². The minimum Gasteiger partial charge on any atom is -0.490 e. The Balaban J connectivity index is 1.54. The van der Waals surface area contributed by atoms with Crippen LogP contribution >= 0.6 is 0 Å². The third-order valence-corrected chi connectivity index (χ3v) is 4.15. The Morgan fingerprint density at radius 3 is 2.62 bits per heavy atom. The van der Waals surface area contributed by atoms with E-state index in [0.717, 1.165) is 25.9 Å². The first kappa shape index (κ1) is 16.4. The molecule has 0 spiro atoms. The van der Waals surface area contributed by atoms with E-state index in [1.807, 2.05) is 0 Å². The van der Waals surface area contributed by atoms with E-state index in [1.54, 1.807) is 30.5 Å². The summed E-state index contributed by atoms with van der Waals surface area (Å²) in [6, 6.07) is 9.26. The van der Waals surface area contributed by atoms with E-state index in [2.05, 4.69) is 9.88 Å². The number of carbonyl (C=O) groups is 1. The Morgan fingerprint density at radius 2 is 1.96 bits per heavy atom. The molecule has 1 aromatic carbocycles. The van der Waals surface area contributed by atoms with Crippen molar-refractivity contribution in [2.45, 2.75) is 25.5 Å². The first-order valence-electron chi connectivity index (χ1n) is 7.93. The number of rotatable bonds is 5. The van der Waals surface area contributed by atoms with Gasteiger partial charge in [0.25, 0.3) is 0 Å². The molecule has 0 radical (unpaired) electrons. The maximum absolute atomic E-state index is 12.9. The van der Waals surface area contributed by atoms with Gasteiger partial charge < -0.3 is 9.84 Å². The second-order valence-electron chi connectivity index (χ2n) is 5.85. The van der Waals surface area contributed by atoms with E-state index in [-0.39, 0.29) is 17.5 Å². The van der Waals surface area contributed by atoms with E-state index in [9.17, 15) is 14.3 Å². The molecule has 0 atom stereocenters. The van der Waals surface area contributed by atoms with E-state index < -0.39 is 5.97 Å². The minimum absolute atomic E-state index is 0.0920. The van der Waals surface area contributed by atoms with Crippen LogP contribution in [0.1, 0.15) is 28.9 Å². The smallest absolute Gasteiger partial charge is 0.337 e. The fourth-order valence-electron chi connectivity index (χ4n) is 2.86. The molecule has 0 amide bonds. The molecule has 126 valence electrons. The summed E-state index contributed by atoms with van der Waals surface area (Å²) in [5.74, 6) is -0.554. The van der Waals surface area contributed by atoms with Crippen molar-refractivity contribution in [1.29, 1.82) is 0 Å². The molecule has 1 aliphatic heterocycles. The van der Waals surface area contributed by atoms with Gasteiger partial charge in [0.05, 0.1) is 11.3 Å². The monoisotopic (exact) mass is 330 g/mol. The van der Waals surface area contributed by atoms with Gasteiger partial charge in [-0.1, -0.05) is 0 Å². The van der Waals surface area contributed by atoms with Crippen LogP contribution in [0.5, 0.6) is 5.75 Å². The topological polar surface area (TPSA) is 62.7 Å². The quantitative estimate of drug-likeness (QED) is 0.913. The van der Waals surface area contributed by atoms with Gasteiger partial charge in [0.2, 0.25) is 0 Å². The van der Waals surface area contributed by atoms with Crippen molar-refractivity contribution >= 4 is 5.97 Å². The number of hydrogen-bond acceptors (Lipinski definition) is 4. The Bertz CT molecular complexity index is 698. The Kier molecular flexibility index (Phi) is 5.05. The third kappa shape index (κ3) is 4.08. The molecule has 0 bridgehead atoms. The number of halogens is 1. The van der Waals surface area contributed by atoms with Crippen molar-refractivity contribution in [2.75, 3.05) is 13.1 Å². The third-order valence-electron chi connectivity index (χ3n) is 4.15. The molecule has 0 unspecified atom stereocenters. The van der Waals surface area contributed by atoms with Gasteiger partial charge in [-0.05, 0) is 49.2 Å². The van der Waals surface area contributed by atoms with E-state index >= 15 is 0 Å². The summed E-state index contributed by atoms with van der Waals surface area (Å²) < 4.78 is 18.8. The van der Waals surface area contributed by atoms with Crippen LogP contribution in [0.4, 0.5) is 4.39 Å². The van der Waals surface area contributed by atoms with Crippen LogP contribution < -0.4 is 4.74 Å². The fraction of sp³-hybridized carbons (Fsp3) is 0.333. The average Bonchev–Trinajstić information content (AvgIpc) is 2.59. The van der Waals surface area contributed by atoms with Crippen LogP contribution in [0.25, 0.3) is 0 Å². The zero-order chi connectivity index (χ0) is 16.9. The highest BCUT2D eigenvalue weighted by Gasteiger charge is 2.22. The molecule has 1 N–H and O–H groups in total. The summed E-state index contributed by atoms with van der Waals surface area (Å²) in [5.41, 5.74) is 0.838. The van der Waals surface area contributed by atoms with E-state index in [0.29, 0.717) is 18.0 Å². The molecule has 2 aromatic rings. The average molecular weight is 330 g/mol. The molecule has 1 aliphatic rings. The van der Waals surface area contributed by atoms with Crippen LogP contribution in [0, 0.1) is 5.82 Å². The standard InChI is InChI=1S/C18H19FN2O3/c19-13-3-5-14(6-4-13)24-15-7-10-21(11-8-15)12-17-16(18(22)23)2-1-9-20-17/h1-6,9,15H,7-8,10-12H2,(H,22,23). The fourth-order valence-corrected chi connectivity index (χ4v) is 2.86. The number of likely N-dealkylation sites (tertiary alicyclic amines) is 1. The largest absolute Gasteiger partial charge is 0.490 e. The summed E-state index contributed by atoms with van der Waals surface area (Å²) in [6.07, 6.45) is 3.39. The minimum atomic E-state index is -0.951. The summed E-state index contributed by atoms with van der Waals surface area (Å²) in [5, 5.41) is 9.22. The molecule has 1 aromatic heterocycles. The van der Waals surface area contributed by atoms with Gasteiger partial charge in [-0.25, -0.2) is 9.18 Å². The molecular weight excluding hydrogens is 311 g/mol. The normalized spacial score (nSPS) is 16.0. The number of aromatic carboxylic acids is 1. The van der Waals surface area contributed by atoms with Crippen molar-refractivity contribution < 1.29 is 19.0 Å².